The minimum absolute atomic E-state index is 0.287. The molecule has 2 aromatic carbocycles. The molecule has 128 valence electrons. The van der Waals surface area contributed by atoms with Crippen LogP contribution in [0, 0.1) is 6.92 Å². The summed E-state index contributed by atoms with van der Waals surface area (Å²) in [6, 6.07) is 8.92. The van der Waals surface area contributed by atoms with Gasteiger partial charge in [-0.05, 0) is 43.7 Å². The van der Waals surface area contributed by atoms with E-state index < -0.39 is 5.97 Å². The first-order valence-corrected chi connectivity index (χ1v) is 8.33. The fraction of sp³-hybridized carbons (Fsp3) is 0.278. The van der Waals surface area contributed by atoms with Gasteiger partial charge in [0.05, 0.1) is 19.3 Å². The molecule has 0 saturated heterocycles. The monoisotopic (exact) mass is 393 g/mol. The third-order valence-corrected chi connectivity index (χ3v) is 4.44. The molecule has 0 aliphatic heterocycles. The summed E-state index contributed by atoms with van der Waals surface area (Å²) < 4.78 is 12.0. The Morgan fingerprint density at radius 2 is 2.04 bits per heavy atom. The van der Waals surface area contributed by atoms with Crippen LogP contribution in [0.25, 0.3) is 0 Å². The van der Waals surface area contributed by atoms with E-state index in [0.717, 1.165) is 15.7 Å². The van der Waals surface area contributed by atoms with E-state index in [9.17, 15) is 9.90 Å². The predicted octanol–water partition coefficient (Wildman–Crippen LogP) is 4.48. The summed E-state index contributed by atoms with van der Waals surface area (Å²) in [7, 11) is 1.60. The fourth-order valence-corrected chi connectivity index (χ4v) is 2.91. The van der Waals surface area contributed by atoms with Crippen LogP contribution in [0.1, 0.15) is 28.4 Å². The van der Waals surface area contributed by atoms with E-state index in [2.05, 4.69) is 21.2 Å². The quantitative estimate of drug-likeness (QED) is 0.725. The van der Waals surface area contributed by atoms with Crippen molar-refractivity contribution in [2.24, 2.45) is 0 Å². The number of carboxylic acids is 1. The minimum Gasteiger partial charge on any atom is -0.493 e. The number of hydrogen-bond acceptors (Lipinski definition) is 4. The van der Waals surface area contributed by atoms with E-state index >= 15 is 0 Å². The van der Waals surface area contributed by atoms with Crippen molar-refractivity contribution in [3.05, 3.63) is 51.5 Å². The van der Waals surface area contributed by atoms with Gasteiger partial charge in [-0.3, -0.25) is 0 Å². The molecule has 0 unspecified atom stereocenters. The lowest BCUT2D eigenvalue weighted by atomic mass is 10.1. The van der Waals surface area contributed by atoms with Gasteiger partial charge in [0, 0.05) is 22.3 Å². The van der Waals surface area contributed by atoms with E-state index in [1.807, 2.05) is 25.1 Å². The molecule has 2 N–H and O–H groups in total. The van der Waals surface area contributed by atoms with Crippen LogP contribution in [0.3, 0.4) is 0 Å². The summed E-state index contributed by atoms with van der Waals surface area (Å²) in [4.78, 5) is 11.3. The second kappa shape index (κ2) is 8.06. The highest BCUT2D eigenvalue weighted by Crippen LogP contribution is 2.37. The molecular weight excluding hydrogens is 374 g/mol. The highest BCUT2D eigenvalue weighted by molar-refractivity contribution is 9.10. The lowest BCUT2D eigenvalue weighted by Gasteiger charge is -2.17. The Balaban J connectivity index is 2.33. The largest absolute Gasteiger partial charge is 0.493 e. The lowest BCUT2D eigenvalue weighted by Crippen LogP contribution is -2.08. The Kier molecular flexibility index (Phi) is 6.09. The summed E-state index contributed by atoms with van der Waals surface area (Å²) in [6.45, 7) is 4.69. The number of aromatic carboxylic acids is 1. The number of carbonyl (C=O) groups is 1. The van der Waals surface area contributed by atoms with Crippen molar-refractivity contribution in [3.63, 3.8) is 0 Å². The summed E-state index contributed by atoms with van der Waals surface area (Å²) in [5.41, 5.74) is 2.67. The number of anilines is 1. The zero-order valence-electron chi connectivity index (χ0n) is 13.9. The molecule has 0 bridgehead atoms. The van der Waals surface area contributed by atoms with Crippen LogP contribution in [-0.4, -0.2) is 24.8 Å². The summed E-state index contributed by atoms with van der Waals surface area (Å²) in [5, 5.41) is 12.5. The molecule has 0 fully saturated rings. The van der Waals surface area contributed by atoms with E-state index in [4.69, 9.17) is 9.47 Å². The van der Waals surface area contributed by atoms with Crippen LogP contribution in [-0.2, 0) is 6.54 Å². The Morgan fingerprint density at radius 3 is 2.67 bits per heavy atom. The van der Waals surface area contributed by atoms with Crippen LogP contribution in [0.15, 0.2) is 34.8 Å². The van der Waals surface area contributed by atoms with Crippen LogP contribution >= 0.6 is 15.9 Å². The maximum absolute atomic E-state index is 11.3. The van der Waals surface area contributed by atoms with Crippen LogP contribution in [0.4, 0.5) is 5.69 Å². The molecule has 0 aliphatic rings. The first-order valence-electron chi connectivity index (χ1n) is 7.54. The van der Waals surface area contributed by atoms with Gasteiger partial charge in [0.2, 0.25) is 0 Å². The number of ether oxygens (including phenoxy) is 2. The summed E-state index contributed by atoms with van der Waals surface area (Å²) >= 11 is 3.54. The number of hydrogen-bond donors (Lipinski definition) is 2. The fourth-order valence-electron chi connectivity index (χ4n) is 2.45. The van der Waals surface area contributed by atoms with Crippen molar-refractivity contribution in [1.82, 2.24) is 0 Å². The maximum atomic E-state index is 11.3. The molecular formula is C18H20BrNO4. The van der Waals surface area contributed by atoms with Gasteiger partial charge < -0.3 is 19.9 Å². The number of nitrogens with one attached hydrogen (secondary N) is 1. The van der Waals surface area contributed by atoms with Gasteiger partial charge in [0.1, 0.15) is 0 Å². The average molecular weight is 394 g/mol. The Labute approximate surface area is 149 Å². The normalized spacial score (nSPS) is 10.3. The van der Waals surface area contributed by atoms with Gasteiger partial charge in [-0.25, -0.2) is 4.79 Å². The zero-order chi connectivity index (χ0) is 17.7. The van der Waals surface area contributed by atoms with Gasteiger partial charge in [0.25, 0.3) is 0 Å². The number of carboxylic acid groups (broad SMARTS) is 1. The van der Waals surface area contributed by atoms with Crippen molar-refractivity contribution in [1.29, 1.82) is 0 Å². The van der Waals surface area contributed by atoms with Crippen molar-refractivity contribution in [2.75, 3.05) is 19.0 Å². The van der Waals surface area contributed by atoms with Gasteiger partial charge in [-0.1, -0.05) is 22.0 Å². The number of methoxy groups -OCH3 is 1. The Morgan fingerprint density at radius 1 is 1.29 bits per heavy atom. The van der Waals surface area contributed by atoms with E-state index in [0.29, 0.717) is 30.2 Å². The van der Waals surface area contributed by atoms with Crippen LogP contribution < -0.4 is 14.8 Å². The molecule has 2 rings (SSSR count). The van der Waals surface area contributed by atoms with E-state index in [-0.39, 0.29) is 5.56 Å². The molecule has 0 radical (unpaired) electrons. The summed E-state index contributed by atoms with van der Waals surface area (Å²) in [6.07, 6.45) is 0. The highest BCUT2D eigenvalue weighted by atomic mass is 79.9. The van der Waals surface area contributed by atoms with Gasteiger partial charge in [0.15, 0.2) is 11.5 Å². The van der Waals surface area contributed by atoms with Crippen molar-refractivity contribution < 1.29 is 19.4 Å². The third kappa shape index (κ3) is 3.82. The number of halogens is 1. The first-order chi connectivity index (χ1) is 11.5. The highest BCUT2D eigenvalue weighted by Gasteiger charge is 2.15. The summed E-state index contributed by atoms with van der Waals surface area (Å²) in [5.74, 6) is 0.399. The lowest BCUT2D eigenvalue weighted by molar-refractivity contribution is 0.0696. The van der Waals surface area contributed by atoms with Gasteiger partial charge in [-0.15, -0.1) is 0 Å². The first kappa shape index (κ1) is 18.1. The average Bonchev–Trinajstić information content (AvgIpc) is 2.56. The van der Waals surface area contributed by atoms with E-state index in [1.54, 1.807) is 26.2 Å². The molecule has 0 amide bonds. The molecule has 6 heteroatoms. The second-order valence-electron chi connectivity index (χ2n) is 5.13. The molecule has 0 aromatic heterocycles. The van der Waals surface area contributed by atoms with Gasteiger partial charge in [-0.2, -0.15) is 0 Å². The Bertz CT molecular complexity index is 746. The molecule has 0 spiro atoms. The number of benzene rings is 2. The smallest absolute Gasteiger partial charge is 0.336 e. The molecule has 0 heterocycles. The van der Waals surface area contributed by atoms with Crippen LogP contribution in [0.2, 0.25) is 0 Å². The second-order valence-corrected chi connectivity index (χ2v) is 5.98. The SMILES string of the molecule is CCOc1c(OC)ccc(Br)c1CNc1cccc(C(=O)O)c1C. The third-order valence-electron chi connectivity index (χ3n) is 3.70. The van der Waals surface area contributed by atoms with Crippen LogP contribution in [0.5, 0.6) is 11.5 Å². The van der Waals surface area contributed by atoms with Crippen molar-refractivity contribution in [3.8, 4) is 11.5 Å². The zero-order valence-corrected chi connectivity index (χ0v) is 15.4. The molecule has 24 heavy (non-hydrogen) atoms. The molecule has 0 saturated carbocycles. The Hall–Kier alpha value is -2.21. The van der Waals surface area contributed by atoms with Crippen molar-refractivity contribution in [2.45, 2.75) is 20.4 Å². The predicted molar refractivity (Wildman–Crippen MR) is 97.3 cm³/mol. The topological polar surface area (TPSA) is 67.8 Å². The molecule has 5 nitrogen and oxygen atoms in total. The molecule has 2 aromatic rings. The standard InChI is InChI=1S/C18H20BrNO4/c1-4-24-17-13(14(19)8-9-16(17)23-3)10-20-15-7-5-6-12(11(15)2)18(21)22/h5-9,20H,4,10H2,1-3H3,(H,21,22). The minimum atomic E-state index is -0.936. The molecule has 0 atom stereocenters. The molecule has 0 aliphatic carbocycles. The van der Waals surface area contributed by atoms with Gasteiger partial charge >= 0.3 is 5.97 Å². The van der Waals surface area contributed by atoms with E-state index in [1.165, 1.54) is 0 Å². The maximum Gasteiger partial charge on any atom is 0.336 e. The van der Waals surface area contributed by atoms with Crippen molar-refractivity contribution >= 4 is 27.6 Å². The number of rotatable bonds is 7.